The summed E-state index contributed by atoms with van der Waals surface area (Å²) in [7, 11) is -3.89. The number of fused-ring (bicyclic) bond motifs is 1. The standard InChI is InChI=1S/C29H33N5O6S/c1-5-33(6-2)13-12-30-29(36)27-18(3)26(31-19(27)4)16-24-23-15-22(10-11-25(23)32-28(24)35)41(39,40)17-20-8-7-9-21(14-20)34(37)38/h7-11,14-16,31H,5-6,12-13,17H2,1-4H3,(H,30,36)(H,32,35)/b24-16-. The summed E-state index contributed by atoms with van der Waals surface area (Å²) in [6.45, 7) is 10.8. The van der Waals surface area contributed by atoms with Crippen LogP contribution in [-0.4, -0.2) is 61.2 Å². The number of non-ortho nitro benzene ring substituents is 1. The van der Waals surface area contributed by atoms with Crippen molar-refractivity contribution in [3.8, 4) is 0 Å². The molecule has 4 rings (SSSR count). The normalized spacial score (nSPS) is 13.9. The third-order valence-electron chi connectivity index (χ3n) is 7.21. The number of amides is 2. The number of nitro benzene ring substituents is 1. The Hall–Kier alpha value is -4.29. The molecule has 0 fully saturated rings. The Labute approximate surface area is 238 Å². The number of aromatic amines is 1. The van der Waals surface area contributed by atoms with Crippen molar-refractivity contribution in [1.82, 2.24) is 15.2 Å². The van der Waals surface area contributed by atoms with E-state index in [0.717, 1.165) is 19.6 Å². The van der Waals surface area contributed by atoms with Crippen molar-refractivity contribution < 1.29 is 22.9 Å². The first-order valence-electron chi connectivity index (χ1n) is 13.3. The zero-order valence-corrected chi connectivity index (χ0v) is 24.2. The number of benzene rings is 2. The average Bonchev–Trinajstić information content (AvgIpc) is 3.39. The van der Waals surface area contributed by atoms with Crippen LogP contribution in [0.15, 0.2) is 47.4 Å². The first-order valence-corrected chi connectivity index (χ1v) is 14.9. The number of H-pyrrole nitrogens is 1. The molecule has 1 aliphatic heterocycles. The monoisotopic (exact) mass is 579 g/mol. The van der Waals surface area contributed by atoms with Gasteiger partial charge in [-0.2, -0.15) is 0 Å². The van der Waals surface area contributed by atoms with E-state index < -0.39 is 26.4 Å². The predicted molar refractivity (Wildman–Crippen MR) is 157 cm³/mol. The van der Waals surface area contributed by atoms with Gasteiger partial charge in [0, 0.05) is 47.9 Å². The molecule has 3 N–H and O–H groups in total. The molecule has 41 heavy (non-hydrogen) atoms. The summed E-state index contributed by atoms with van der Waals surface area (Å²) in [6, 6.07) is 9.84. The molecule has 11 nitrogen and oxygen atoms in total. The van der Waals surface area contributed by atoms with Crippen LogP contribution in [0.4, 0.5) is 11.4 Å². The highest BCUT2D eigenvalue weighted by molar-refractivity contribution is 7.90. The van der Waals surface area contributed by atoms with E-state index in [4.69, 9.17) is 0 Å². The van der Waals surface area contributed by atoms with Gasteiger partial charge in [0.25, 0.3) is 17.5 Å². The number of nitrogens with zero attached hydrogens (tertiary/aromatic N) is 2. The highest BCUT2D eigenvalue weighted by atomic mass is 32.2. The van der Waals surface area contributed by atoms with Gasteiger partial charge < -0.3 is 20.5 Å². The molecule has 2 aromatic carbocycles. The summed E-state index contributed by atoms with van der Waals surface area (Å²) in [5.74, 6) is -1.04. The second-order valence-corrected chi connectivity index (χ2v) is 11.8. The van der Waals surface area contributed by atoms with E-state index in [9.17, 15) is 28.1 Å². The summed E-state index contributed by atoms with van der Waals surface area (Å²) in [4.78, 5) is 41.8. The van der Waals surface area contributed by atoms with Crippen molar-refractivity contribution in [1.29, 1.82) is 0 Å². The summed E-state index contributed by atoms with van der Waals surface area (Å²) in [5, 5.41) is 16.8. The van der Waals surface area contributed by atoms with Crippen molar-refractivity contribution in [2.75, 3.05) is 31.5 Å². The van der Waals surface area contributed by atoms with Crippen molar-refractivity contribution in [3.05, 3.63) is 86.2 Å². The van der Waals surface area contributed by atoms with Crippen molar-refractivity contribution >= 4 is 44.7 Å². The Bertz CT molecular complexity index is 1650. The minimum Gasteiger partial charge on any atom is -0.358 e. The van der Waals surface area contributed by atoms with Gasteiger partial charge >= 0.3 is 0 Å². The van der Waals surface area contributed by atoms with Crippen LogP contribution in [0, 0.1) is 24.0 Å². The first kappa shape index (κ1) is 29.7. The Kier molecular flexibility index (Phi) is 8.74. The predicted octanol–water partition coefficient (Wildman–Crippen LogP) is 4.08. The smallest absolute Gasteiger partial charge is 0.269 e. The number of anilines is 1. The van der Waals surface area contributed by atoms with Crippen molar-refractivity contribution in [2.24, 2.45) is 0 Å². The number of rotatable bonds is 11. The molecule has 1 aromatic heterocycles. The van der Waals surface area contributed by atoms with Gasteiger partial charge in [0.15, 0.2) is 9.84 Å². The molecule has 0 unspecified atom stereocenters. The zero-order chi connectivity index (χ0) is 29.9. The second-order valence-electron chi connectivity index (χ2n) is 9.85. The van der Waals surface area contributed by atoms with Crippen molar-refractivity contribution in [3.63, 3.8) is 0 Å². The van der Waals surface area contributed by atoms with E-state index in [0.29, 0.717) is 40.3 Å². The third kappa shape index (κ3) is 6.39. The van der Waals surface area contributed by atoms with Crippen LogP contribution < -0.4 is 10.6 Å². The lowest BCUT2D eigenvalue weighted by atomic mass is 10.0. The molecule has 0 radical (unpaired) electrons. The number of aromatic nitrogens is 1. The number of hydrogen-bond acceptors (Lipinski definition) is 7. The highest BCUT2D eigenvalue weighted by Gasteiger charge is 2.28. The van der Waals surface area contributed by atoms with Gasteiger partial charge in [-0.25, -0.2) is 8.42 Å². The molecular weight excluding hydrogens is 546 g/mol. The number of sulfone groups is 1. The summed E-state index contributed by atoms with van der Waals surface area (Å²) < 4.78 is 26.4. The van der Waals surface area contributed by atoms with Crippen LogP contribution in [-0.2, 0) is 20.4 Å². The van der Waals surface area contributed by atoms with Gasteiger partial charge in [0.05, 0.1) is 26.7 Å². The molecule has 2 amide bonds. The van der Waals surface area contributed by atoms with Crippen LogP contribution in [0.5, 0.6) is 0 Å². The summed E-state index contributed by atoms with van der Waals surface area (Å²) in [5.41, 5.74) is 3.61. The van der Waals surface area contributed by atoms with Crippen LogP contribution in [0.2, 0.25) is 0 Å². The van der Waals surface area contributed by atoms with Crippen LogP contribution in [0.3, 0.4) is 0 Å². The van der Waals surface area contributed by atoms with Crippen LogP contribution >= 0.6 is 0 Å². The largest absolute Gasteiger partial charge is 0.358 e. The molecule has 0 spiro atoms. The molecule has 0 saturated heterocycles. The highest BCUT2D eigenvalue weighted by Crippen LogP contribution is 2.36. The number of hydrogen-bond donors (Lipinski definition) is 3. The van der Waals surface area contributed by atoms with E-state index in [-0.39, 0.29) is 27.6 Å². The van der Waals surface area contributed by atoms with Crippen LogP contribution in [0.1, 0.15) is 52.3 Å². The average molecular weight is 580 g/mol. The lowest BCUT2D eigenvalue weighted by Crippen LogP contribution is -2.35. The Morgan fingerprint density at radius 2 is 1.85 bits per heavy atom. The molecule has 0 aliphatic carbocycles. The number of carbonyl (C=O) groups is 2. The van der Waals surface area contributed by atoms with E-state index >= 15 is 0 Å². The lowest BCUT2D eigenvalue weighted by molar-refractivity contribution is -0.384. The van der Waals surface area contributed by atoms with Gasteiger partial charge in [0.1, 0.15) is 0 Å². The van der Waals surface area contributed by atoms with Gasteiger partial charge in [-0.1, -0.05) is 26.0 Å². The topological polar surface area (TPSA) is 155 Å². The molecule has 12 heteroatoms. The fraction of sp³-hybridized carbons (Fsp3) is 0.310. The number of nitro groups is 1. The Balaban J connectivity index is 1.61. The molecule has 1 aliphatic rings. The fourth-order valence-electron chi connectivity index (χ4n) is 4.93. The number of aryl methyl sites for hydroxylation is 1. The maximum absolute atomic E-state index is 13.2. The number of carbonyl (C=O) groups excluding carboxylic acids is 2. The number of nitrogens with one attached hydrogen (secondary N) is 3. The second kappa shape index (κ2) is 12.1. The van der Waals surface area contributed by atoms with E-state index in [2.05, 4.69) is 34.4 Å². The first-order chi connectivity index (χ1) is 19.4. The SMILES string of the molecule is CCN(CC)CCNC(=O)c1c(C)[nH]c(/C=C2\C(=O)Nc3ccc(S(=O)(=O)Cc4cccc([N+](=O)[O-])c4)cc32)c1C. The Morgan fingerprint density at radius 1 is 1.12 bits per heavy atom. The maximum Gasteiger partial charge on any atom is 0.269 e. The molecule has 0 saturated carbocycles. The van der Waals surface area contributed by atoms with Gasteiger partial charge in [-0.15, -0.1) is 0 Å². The number of likely N-dealkylation sites (N-methyl/N-ethyl adjacent to an activating group) is 1. The summed E-state index contributed by atoms with van der Waals surface area (Å²) >= 11 is 0. The molecule has 2 heterocycles. The quantitative estimate of drug-likeness (QED) is 0.176. The third-order valence-corrected chi connectivity index (χ3v) is 8.90. The lowest BCUT2D eigenvalue weighted by Gasteiger charge is -2.18. The van der Waals surface area contributed by atoms with Gasteiger partial charge in [0.2, 0.25) is 0 Å². The maximum atomic E-state index is 13.2. The molecule has 216 valence electrons. The minimum absolute atomic E-state index is 0.0159. The molecular formula is C29H33N5O6S. The van der Waals surface area contributed by atoms with Crippen LogP contribution in [0.25, 0.3) is 11.6 Å². The van der Waals surface area contributed by atoms with Gasteiger partial charge in [-0.3, -0.25) is 19.7 Å². The zero-order valence-electron chi connectivity index (χ0n) is 23.4. The van der Waals surface area contributed by atoms with E-state index in [1.165, 1.54) is 42.5 Å². The van der Waals surface area contributed by atoms with Crippen molar-refractivity contribution in [2.45, 2.75) is 38.3 Å². The van der Waals surface area contributed by atoms with E-state index in [1.54, 1.807) is 19.9 Å². The fourth-order valence-corrected chi connectivity index (χ4v) is 6.28. The van der Waals surface area contributed by atoms with E-state index in [1.807, 2.05) is 0 Å². The minimum atomic E-state index is -3.89. The summed E-state index contributed by atoms with van der Waals surface area (Å²) in [6.07, 6.45) is 1.62. The molecule has 0 bridgehead atoms. The Morgan fingerprint density at radius 3 is 2.54 bits per heavy atom. The molecule has 0 atom stereocenters. The van der Waals surface area contributed by atoms with Gasteiger partial charge in [-0.05, 0) is 62.3 Å². The molecule has 3 aromatic rings.